The molecule has 0 saturated heterocycles. The van der Waals surface area contributed by atoms with Crippen LogP contribution in [0, 0.1) is 0 Å². The monoisotopic (exact) mass is 488 g/mol. The Morgan fingerprint density at radius 2 is 0.946 bits per heavy atom. The summed E-state index contributed by atoms with van der Waals surface area (Å²) in [6.45, 7) is 2.02. The van der Waals surface area contributed by atoms with Gasteiger partial charge in [0.05, 0.1) is 33.1 Å². The van der Waals surface area contributed by atoms with Crippen LogP contribution in [0.25, 0.3) is 46.1 Å². The zero-order valence-electron chi connectivity index (χ0n) is 21.6. The van der Waals surface area contributed by atoms with Crippen LogP contribution >= 0.6 is 0 Å². The molecule has 188 valence electrons. The molecule has 0 atom stereocenters. The molecule has 0 spiro atoms. The van der Waals surface area contributed by atoms with E-state index in [2.05, 4.69) is 83.5 Å². The molecular formula is C33H36N4. The highest BCUT2D eigenvalue weighted by molar-refractivity contribution is 5.92. The fourth-order valence-electron chi connectivity index (χ4n) is 5.70. The van der Waals surface area contributed by atoms with E-state index in [4.69, 9.17) is 9.97 Å². The molecular weight excluding hydrogens is 452 g/mol. The van der Waals surface area contributed by atoms with Gasteiger partial charge < -0.3 is 10.6 Å². The molecule has 2 aromatic carbocycles. The molecule has 6 rings (SSSR count). The maximum Gasteiger partial charge on any atom is 0.0730 e. The summed E-state index contributed by atoms with van der Waals surface area (Å²) in [5.74, 6) is 0. The summed E-state index contributed by atoms with van der Waals surface area (Å²) >= 11 is 0. The molecule has 0 saturated carbocycles. The fourth-order valence-corrected chi connectivity index (χ4v) is 5.70. The highest BCUT2D eigenvalue weighted by Crippen LogP contribution is 2.19. The quantitative estimate of drug-likeness (QED) is 0.310. The minimum atomic E-state index is 1.01. The molecule has 2 aliphatic rings. The Kier molecular flexibility index (Phi) is 7.16. The van der Waals surface area contributed by atoms with Gasteiger partial charge in [0.15, 0.2) is 0 Å². The first kappa shape index (κ1) is 23.7. The standard InChI is InChI=1S/C33H36N4/c1(2-12-22-34-32-24-14-4-8-18-28(24)36-29-19-9-5-15-25(29)32)3-13-23-35-33-26-16-6-10-20-30(26)37-31-21-11-7-17-27(31)33/h4,6,8,10,14-21,34-35H,1-3,5,7,9,11-13,22-23H2. The van der Waals surface area contributed by atoms with Gasteiger partial charge in [-0.05, 0) is 50.7 Å². The first-order valence-corrected chi connectivity index (χ1v) is 14.0. The lowest BCUT2D eigenvalue weighted by molar-refractivity contribution is 0.635. The Labute approximate surface area is 218 Å². The maximum absolute atomic E-state index is 4.88. The van der Waals surface area contributed by atoms with Crippen molar-refractivity contribution in [1.82, 2.24) is 9.97 Å². The van der Waals surface area contributed by atoms with E-state index in [-0.39, 0.29) is 0 Å². The Hall–Kier alpha value is -3.66. The molecule has 0 fully saturated rings. The number of anilines is 2. The van der Waals surface area contributed by atoms with Crippen molar-refractivity contribution in [1.29, 1.82) is 0 Å². The largest absolute Gasteiger partial charge is 0.384 e. The summed E-state index contributed by atoms with van der Waals surface area (Å²) in [5, 5.41) is 14.9. The van der Waals surface area contributed by atoms with Crippen LogP contribution in [-0.2, 0) is 0 Å². The van der Waals surface area contributed by atoms with E-state index < -0.39 is 0 Å². The van der Waals surface area contributed by atoms with Gasteiger partial charge in [-0.3, -0.25) is 0 Å². The van der Waals surface area contributed by atoms with Crippen LogP contribution in [0.5, 0.6) is 0 Å². The molecule has 0 radical (unpaired) electrons. The molecule has 0 aliphatic heterocycles. The first-order valence-electron chi connectivity index (χ1n) is 14.0. The van der Waals surface area contributed by atoms with Gasteiger partial charge in [-0.15, -0.1) is 0 Å². The molecule has 4 heteroatoms. The predicted molar refractivity (Wildman–Crippen MR) is 158 cm³/mol. The zero-order chi connectivity index (χ0) is 24.9. The van der Waals surface area contributed by atoms with Crippen LogP contribution in [0.15, 0.2) is 48.5 Å². The average Bonchev–Trinajstić information content (AvgIpc) is 2.95. The smallest absolute Gasteiger partial charge is 0.0730 e. The highest BCUT2D eigenvalue weighted by Gasteiger charge is 2.09. The Bertz CT molecular complexity index is 1540. The van der Waals surface area contributed by atoms with E-state index in [1.165, 1.54) is 64.7 Å². The number of hydrogen-bond acceptors (Lipinski definition) is 4. The summed E-state index contributed by atoms with van der Waals surface area (Å²) in [6, 6.07) is 17.0. The van der Waals surface area contributed by atoms with Crippen molar-refractivity contribution in [3.63, 3.8) is 0 Å². The molecule has 4 aromatic rings. The van der Waals surface area contributed by atoms with Crippen LogP contribution < -0.4 is 31.8 Å². The van der Waals surface area contributed by atoms with Crippen molar-refractivity contribution in [2.24, 2.45) is 0 Å². The van der Waals surface area contributed by atoms with Crippen LogP contribution in [0.1, 0.15) is 57.8 Å². The number of rotatable bonds is 10. The van der Waals surface area contributed by atoms with E-state index in [1.807, 2.05) is 0 Å². The van der Waals surface area contributed by atoms with Crippen LogP contribution in [-0.4, -0.2) is 23.1 Å². The number of hydrogen-bond donors (Lipinski definition) is 2. The van der Waals surface area contributed by atoms with Crippen molar-refractivity contribution < 1.29 is 0 Å². The summed E-state index contributed by atoms with van der Waals surface area (Å²) in [5.41, 5.74) is 4.70. The van der Waals surface area contributed by atoms with Gasteiger partial charge in [0.2, 0.25) is 0 Å². The molecule has 2 heterocycles. The minimum Gasteiger partial charge on any atom is -0.384 e. The molecule has 2 aliphatic carbocycles. The van der Waals surface area contributed by atoms with E-state index in [1.54, 1.807) is 0 Å². The van der Waals surface area contributed by atoms with Gasteiger partial charge in [0.1, 0.15) is 0 Å². The molecule has 0 amide bonds. The molecule has 2 aromatic heterocycles. The van der Waals surface area contributed by atoms with Crippen molar-refractivity contribution >= 4 is 57.5 Å². The lowest BCUT2D eigenvalue weighted by Crippen LogP contribution is -2.33. The van der Waals surface area contributed by atoms with Crippen LogP contribution in [0.2, 0.25) is 0 Å². The Morgan fingerprint density at radius 1 is 0.514 bits per heavy atom. The summed E-state index contributed by atoms with van der Waals surface area (Å²) in [7, 11) is 0. The summed E-state index contributed by atoms with van der Waals surface area (Å²) in [4.78, 5) is 9.77. The van der Waals surface area contributed by atoms with Crippen molar-refractivity contribution in [3.8, 4) is 0 Å². The van der Waals surface area contributed by atoms with E-state index in [0.717, 1.165) is 60.5 Å². The maximum atomic E-state index is 4.88. The number of unbranched alkanes of at least 4 members (excludes halogenated alkanes) is 4. The van der Waals surface area contributed by atoms with Gasteiger partial charge in [-0.1, -0.05) is 80.0 Å². The first-order chi connectivity index (χ1) is 18.4. The number of para-hydroxylation sites is 2. The normalized spacial score (nSPS) is 14.1. The second-order valence-electron chi connectivity index (χ2n) is 10.2. The summed E-state index contributed by atoms with van der Waals surface area (Å²) < 4.78 is 0. The molecule has 2 N–H and O–H groups in total. The lowest BCUT2D eigenvalue weighted by atomic mass is 10.1. The lowest BCUT2D eigenvalue weighted by Gasteiger charge is -2.14. The van der Waals surface area contributed by atoms with Crippen molar-refractivity contribution in [2.45, 2.75) is 57.8 Å². The topological polar surface area (TPSA) is 49.8 Å². The van der Waals surface area contributed by atoms with Crippen LogP contribution in [0.4, 0.5) is 11.4 Å². The number of nitrogens with zero attached hydrogens (tertiary/aromatic N) is 2. The number of fused-ring (bicyclic) bond motifs is 4. The molecule has 37 heavy (non-hydrogen) atoms. The second kappa shape index (κ2) is 11.2. The second-order valence-corrected chi connectivity index (χ2v) is 10.2. The number of nitrogens with one attached hydrogen (secondary N) is 2. The fraction of sp³-hybridized carbons (Fsp3) is 0.333. The molecule has 0 unspecified atom stereocenters. The Morgan fingerprint density at radius 3 is 1.46 bits per heavy atom. The van der Waals surface area contributed by atoms with Crippen LogP contribution in [0.3, 0.4) is 0 Å². The van der Waals surface area contributed by atoms with E-state index >= 15 is 0 Å². The van der Waals surface area contributed by atoms with E-state index in [9.17, 15) is 0 Å². The number of benzene rings is 2. The SMILES string of the molecule is C1=c2nc3ccccc3c(NCCCCCCCNc3c4c(nc5ccccc35)=CCCC=4)c2=CCC1. The number of aromatic nitrogens is 2. The molecule has 4 nitrogen and oxygen atoms in total. The number of pyridine rings is 2. The summed E-state index contributed by atoms with van der Waals surface area (Å²) in [6.07, 6.45) is 19.8. The van der Waals surface area contributed by atoms with Gasteiger partial charge in [-0.25, -0.2) is 9.97 Å². The third-order valence-corrected chi connectivity index (χ3v) is 7.58. The third kappa shape index (κ3) is 5.11. The van der Waals surface area contributed by atoms with Gasteiger partial charge in [0.25, 0.3) is 0 Å². The third-order valence-electron chi connectivity index (χ3n) is 7.58. The van der Waals surface area contributed by atoms with Crippen molar-refractivity contribution in [3.05, 3.63) is 69.7 Å². The van der Waals surface area contributed by atoms with Gasteiger partial charge in [0, 0.05) is 34.3 Å². The van der Waals surface area contributed by atoms with Gasteiger partial charge >= 0.3 is 0 Å². The Balaban J connectivity index is 1.00. The minimum absolute atomic E-state index is 1.01. The average molecular weight is 489 g/mol. The molecule has 0 bridgehead atoms. The van der Waals surface area contributed by atoms with E-state index in [0.29, 0.717) is 0 Å². The zero-order valence-corrected chi connectivity index (χ0v) is 21.6. The van der Waals surface area contributed by atoms with Gasteiger partial charge in [-0.2, -0.15) is 0 Å². The van der Waals surface area contributed by atoms with Crippen molar-refractivity contribution in [2.75, 3.05) is 23.7 Å². The highest BCUT2D eigenvalue weighted by atomic mass is 14.9. The predicted octanol–water partition coefficient (Wildman–Crippen LogP) is 4.97.